The average molecular weight is 250 g/mol. The molecule has 0 heterocycles. The molecule has 1 aromatic carbocycles. The molecule has 0 saturated carbocycles. The summed E-state index contributed by atoms with van der Waals surface area (Å²) in [5.41, 5.74) is -0.414. The Morgan fingerprint density at radius 1 is 1.41 bits per heavy atom. The number of aliphatic hydroxyl groups excluding tert-OH is 1. The van der Waals surface area contributed by atoms with Crippen LogP contribution in [-0.2, 0) is 0 Å². The van der Waals surface area contributed by atoms with Gasteiger partial charge in [0, 0.05) is 12.6 Å². The molecule has 5 nitrogen and oxygen atoms in total. The molecule has 8 heteroatoms. The Bertz CT molecular complexity index is 409. The van der Waals surface area contributed by atoms with E-state index in [1.54, 1.807) is 0 Å². The fourth-order valence-electron chi connectivity index (χ4n) is 1.10. The number of alkyl halides is 3. The average Bonchev–Trinajstić information content (AvgIpc) is 2.24. The van der Waals surface area contributed by atoms with Crippen LogP contribution in [-0.4, -0.2) is 28.9 Å². The van der Waals surface area contributed by atoms with Gasteiger partial charge in [-0.05, 0) is 6.07 Å². The predicted molar refractivity (Wildman–Crippen MR) is 53.6 cm³/mol. The van der Waals surface area contributed by atoms with Gasteiger partial charge in [0.1, 0.15) is 5.69 Å². The zero-order valence-corrected chi connectivity index (χ0v) is 8.44. The van der Waals surface area contributed by atoms with Crippen LogP contribution in [0.1, 0.15) is 0 Å². The van der Waals surface area contributed by atoms with Crippen LogP contribution in [0.4, 0.5) is 24.5 Å². The zero-order chi connectivity index (χ0) is 13.1. The van der Waals surface area contributed by atoms with Crippen molar-refractivity contribution < 1.29 is 23.2 Å². The number of para-hydroxylation sites is 2. The molecule has 1 atom stereocenters. The fourth-order valence-corrected chi connectivity index (χ4v) is 1.10. The highest BCUT2D eigenvalue weighted by atomic mass is 19.4. The van der Waals surface area contributed by atoms with Gasteiger partial charge in [0.25, 0.3) is 5.69 Å². The summed E-state index contributed by atoms with van der Waals surface area (Å²) >= 11 is 0. The number of rotatable bonds is 4. The van der Waals surface area contributed by atoms with Gasteiger partial charge in [0.15, 0.2) is 6.10 Å². The van der Waals surface area contributed by atoms with Crippen molar-refractivity contribution in [2.45, 2.75) is 12.3 Å². The van der Waals surface area contributed by atoms with Crippen molar-refractivity contribution in [1.29, 1.82) is 0 Å². The first-order valence-corrected chi connectivity index (χ1v) is 4.54. The first-order valence-electron chi connectivity index (χ1n) is 4.54. The third-order valence-electron chi connectivity index (χ3n) is 1.96. The van der Waals surface area contributed by atoms with E-state index in [9.17, 15) is 23.3 Å². The molecule has 1 aromatic rings. The molecule has 0 aliphatic rings. The van der Waals surface area contributed by atoms with Crippen LogP contribution in [0.2, 0.25) is 0 Å². The second-order valence-corrected chi connectivity index (χ2v) is 3.21. The summed E-state index contributed by atoms with van der Waals surface area (Å²) < 4.78 is 36.0. The summed E-state index contributed by atoms with van der Waals surface area (Å²) in [6.07, 6.45) is -7.32. The molecule has 94 valence electrons. The van der Waals surface area contributed by atoms with Crippen molar-refractivity contribution >= 4 is 11.4 Å². The van der Waals surface area contributed by atoms with Crippen LogP contribution in [0.25, 0.3) is 0 Å². The lowest BCUT2D eigenvalue weighted by atomic mass is 10.2. The minimum atomic E-state index is -4.75. The molecule has 0 spiro atoms. The van der Waals surface area contributed by atoms with Crippen molar-refractivity contribution in [3.63, 3.8) is 0 Å². The van der Waals surface area contributed by atoms with E-state index in [-0.39, 0.29) is 11.4 Å². The molecule has 0 aliphatic carbocycles. The van der Waals surface area contributed by atoms with E-state index in [2.05, 4.69) is 5.32 Å². The highest BCUT2D eigenvalue weighted by Gasteiger charge is 2.38. The van der Waals surface area contributed by atoms with Crippen LogP contribution in [0.3, 0.4) is 0 Å². The number of hydrogen-bond donors (Lipinski definition) is 2. The van der Waals surface area contributed by atoms with E-state index in [4.69, 9.17) is 5.11 Å². The van der Waals surface area contributed by atoms with Gasteiger partial charge in [0.2, 0.25) is 0 Å². The number of aliphatic hydroxyl groups is 1. The monoisotopic (exact) mass is 250 g/mol. The van der Waals surface area contributed by atoms with Gasteiger partial charge in [-0.1, -0.05) is 12.1 Å². The molecule has 0 amide bonds. The standard InChI is InChI=1S/C9H9F3N2O3/c10-9(11,12)8(15)5-13-6-3-1-2-4-7(6)14(16)17/h1-4,8,13,15H,5H2. The van der Waals surface area contributed by atoms with Gasteiger partial charge < -0.3 is 10.4 Å². The number of benzene rings is 1. The summed E-state index contributed by atoms with van der Waals surface area (Å²) in [6, 6.07) is 5.25. The summed E-state index contributed by atoms with van der Waals surface area (Å²) in [7, 11) is 0. The second-order valence-electron chi connectivity index (χ2n) is 3.21. The lowest BCUT2D eigenvalue weighted by molar-refractivity contribution is -0.384. The number of nitro benzene ring substituents is 1. The number of anilines is 1. The summed E-state index contributed by atoms with van der Waals surface area (Å²) in [4.78, 5) is 9.82. The minimum Gasteiger partial charge on any atom is -0.382 e. The first kappa shape index (κ1) is 13.2. The van der Waals surface area contributed by atoms with Gasteiger partial charge in [-0.15, -0.1) is 0 Å². The molecule has 1 unspecified atom stereocenters. The molecule has 17 heavy (non-hydrogen) atoms. The molecule has 0 bridgehead atoms. The summed E-state index contributed by atoms with van der Waals surface area (Å²) in [5, 5.41) is 21.5. The van der Waals surface area contributed by atoms with Gasteiger partial charge in [-0.3, -0.25) is 10.1 Å². The number of nitrogens with zero attached hydrogens (tertiary/aromatic N) is 1. The van der Waals surface area contributed by atoms with Crippen LogP contribution in [0.15, 0.2) is 24.3 Å². The van der Waals surface area contributed by atoms with Gasteiger partial charge in [-0.25, -0.2) is 0 Å². The predicted octanol–water partition coefficient (Wildman–Crippen LogP) is 1.93. The van der Waals surface area contributed by atoms with E-state index < -0.39 is 23.7 Å². The molecule has 0 fully saturated rings. The topological polar surface area (TPSA) is 75.4 Å². The molecule has 1 rings (SSSR count). The number of nitro groups is 1. The van der Waals surface area contributed by atoms with E-state index in [1.165, 1.54) is 18.2 Å². The van der Waals surface area contributed by atoms with E-state index in [0.29, 0.717) is 0 Å². The maximum Gasteiger partial charge on any atom is 0.416 e. The fraction of sp³-hybridized carbons (Fsp3) is 0.333. The minimum absolute atomic E-state index is 0.0687. The quantitative estimate of drug-likeness (QED) is 0.632. The maximum absolute atomic E-state index is 12.0. The second kappa shape index (κ2) is 5.00. The Labute approximate surface area is 94.0 Å². The van der Waals surface area contributed by atoms with E-state index >= 15 is 0 Å². The number of hydrogen-bond acceptors (Lipinski definition) is 4. The Balaban J connectivity index is 2.73. The van der Waals surface area contributed by atoms with Crippen LogP contribution in [0.5, 0.6) is 0 Å². The van der Waals surface area contributed by atoms with Gasteiger partial charge >= 0.3 is 6.18 Å². The summed E-state index contributed by atoms with van der Waals surface area (Å²) in [5.74, 6) is 0. The van der Waals surface area contributed by atoms with Gasteiger partial charge in [0.05, 0.1) is 4.92 Å². The molecule has 0 aliphatic heterocycles. The van der Waals surface area contributed by atoms with Crippen molar-refractivity contribution in [3.05, 3.63) is 34.4 Å². The smallest absolute Gasteiger partial charge is 0.382 e. The van der Waals surface area contributed by atoms with Crippen molar-refractivity contribution in [1.82, 2.24) is 0 Å². The lowest BCUT2D eigenvalue weighted by Gasteiger charge is -2.15. The van der Waals surface area contributed by atoms with Crippen LogP contribution in [0, 0.1) is 10.1 Å². The third-order valence-corrected chi connectivity index (χ3v) is 1.96. The molecule has 0 radical (unpaired) electrons. The molecular formula is C9H9F3N2O3. The number of nitrogens with one attached hydrogen (secondary N) is 1. The lowest BCUT2D eigenvalue weighted by Crippen LogP contribution is -2.35. The van der Waals surface area contributed by atoms with E-state index in [0.717, 1.165) is 6.07 Å². The molecule has 0 aromatic heterocycles. The van der Waals surface area contributed by atoms with Gasteiger partial charge in [-0.2, -0.15) is 13.2 Å². The molecular weight excluding hydrogens is 241 g/mol. The highest BCUT2D eigenvalue weighted by molar-refractivity contribution is 5.61. The third kappa shape index (κ3) is 3.59. The SMILES string of the molecule is O=[N+]([O-])c1ccccc1NCC(O)C(F)(F)F. The van der Waals surface area contributed by atoms with Crippen molar-refractivity contribution in [2.24, 2.45) is 0 Å². The molecule has 2 N–H and O–H groups in total. The maximum atomic E-state index is 12.0. The highest BCUT2D eigenvalue weighted by Crippen LogP contribution is 2.25. The zero-order valence-electron chi connectivity index (χ0n) is 8.44. The molecule has 0 saturated heterocycles. The number of halogens is 3. The van der Waals surface area contributed by atoms with E-state index in [1.807, 2.05) is 0 Å². The Morgan fingerprint density at radius 2 is 2.00 bits per heavy atom. The van der Waals surface area contributed by atoms with Crippen LogP contribution >= 0.6 is 0 Å². The first-order chi connectivity index (χ1) is 7.82. The summed E-state index contributed by atoms with van der Waals surface area (Å²) in [6.45, 7) is -0.839. The Kier molecular flexibility index (Phi) is 3.89. The van der Waals surface area contributed by atoms with Crippen molar-refractivity contribution in [2.75, 3.05) is 11.9 Å². The Morgan fingerprint density at radius 3 is 2.53 bits per heavy atom. The normalized spacial score (nSPS) is 13.2. The van der Waals surface area contributed by atoms with Crippen molar-refractivity contribution in [3.8, 4) is 0 Å². The largest absolute Gasteiger partial charge is 0.416 e. The Hall–Kier alpha value is -1.83. The van der Waals surface area contributed by atoms with Crippen LogP contribution < -0.4 is 5.32 Å².